The van der Waals surface area contributed by atoms with Gasteiger partial charge in [0.15, 0.2) is 0 Å². The molecular formula is C16H17BrN2O. The molecule has 0 saturated heterocycles. The minimum Gasteiger partial charge on any atom is -0.399 e. The summed E-state index contributed by atoms with van der Waals surface area (Å²) < 4.78 is 0.807. The van der Waals surface area contributed by atoms with E-state index in [9.17, 15) is 4.79 Å². The summed E-state index contributed by atoms with van der Waals surface area (Å²) in [5.41, 5.74) is 9.32. The standard InChI is InChI=1S/C16H17BrN2O/c1-11-3-2-4-12(7-11)5-6-19-16(20)13-8-14(17)10-15(18)9-13/h2-4,7-10H,5-6,18H2,1H3,(H,19,20). The van der Waals surface area contributed by atoms with Crippen LogP contribution in [-0.2, 0) is 6.42 Å². The van der Waals surface area contributed by atoms with E-state index < -0.39 is 0 Å². The number of nitrogen functional groups attached to an aromatic ring is 1. The molecule has 0 aromatic heterocycles. The number of aryl methyl sites for hydroxylation is 1. The second-order valence-corrected chi connectivity index (χ2v) is 5.68. The van der Waals surface area contributed by atoms with E-state index in [2.05, 4.69) is 46.4 Å². The Hall–Kier alpha value is -1.81. The number of nitrogens with one attached hydrogen (secondary N) is 1. The number of benzene rings is 2. The summed E-state index contributed by atoms with van der Waals surface area (Å²) >= 11 is 3.33. The van der Waals surface area contributed by atoms with Gasteiger partial charge >= 0.3 is 0 Å². The van der Waals surface area contributed by atoms with Crippen LogP contribution in [0, 0.1) is 6.92 Å². The van der Waals surface area contributed by atoms with Crippen molar-refractivity contribution in [2.45, 2.75) is 13.3 Å². The second-order valence-electron chi connectivity index (χ2n) is 4.77. The van der Waals surface area contributed by atoms with E-state index in [1.54, 1.807) is 18.2 Å². The van der Waals surface area contributed by atoms with Gasteiger partial charge in [-0.15, -0.1) is 0 Å². The van der Waals surface area contributed by atoms with Crippen LogP contribution >= 0.6 is 15.9 Å². The van der Waals surface area contributed by atoms with Gasteiger partial charge in [0.25, 0.3) is 5.91 Å². The van der Waals surface area contributed by atoms with Crippen LogP contribution in [0.5, 0.6) is 0 Å². The number of carbonyl (C=O) groups is 1. The Kier molecular flexibility index (Phi) is 4.79. The highest BCUT2D eigenvalue weighted by molar-refractivity contribution is 9.10. The molecule has 0 atom stereocenters. The van der Waals surface area contributed by atoms with Gasteiger partial charge in [0.1, 0.15) is 0 Å². The van der Waals surface area contributed by atoms with Crippen LogP contribution in [0.4, 0.5) is 5.69 Å². The third kappa shape index (κ3) is 4.10. The van der Waals surface area contributed by atoms with Gasteiger partial charge in [0, 0.05) is 22.3 Å². The first-order valence-electron chi connectivity index (χ1n) is 6.44. The van der Waals surface area contributed by atoms with Gasteiger partial charge in [0.05, 0.1) is 0 Å². The summed E-state index contributed by atoms with van der Waals surface area (Å²) in [7, 11) is 0. The molecule has 2 rings (SSSR count). The van der Waals surface area contributed by atoms with Gasteiger partial charge in [0.2, 0.25) is 0 Å². The fraction of sp³-hybridized carbons (Fsp3) is 0.188. The second kappa shape index (κ2) is 6.57. The highest BCUT2D eigenvalue weighted by Crippen LogP contribution is 2.17. The largest absolute Gasteiger partial charge is 0.399 e. The molecule has 2 aromatic carbocycles. The van der Waals surface area contributed by atoms with Gasteiger partial charge in [-0.1, -0.05) is 45.8 Å². The van der Waals surface area contributed by atoms with Crippen molar-refractivity contribution in [3.8, 4) is 0 Å². The van der Waals surface area contributed by atoms with Crippen LogP contribution in [0.3, 0.4) is 0 Å². The quantitative estimate of drug-likeness (QED) is 0.844. The molecule has 0 aliphatic heterocycles. The number of rotatable bonds is 4. The fourth-order valence-electron chi connectivity index (χ4n) is 2.03. The molecule has 0 saturated carbocycles. The van der Waals surface area contributed by atoms with Crippen molar-refractivity contribution >= 4 is 27.5 Å². The van der Waals surface area contributed by atoms with E-state index in [1.165, 1.54) is 11.1 Å². The molecule has 0 heterocycles. The smallest absolute Gasteiger partial charge is 0.251 e. The average Bonchev–Trinajstić information content (AvgIpc) is 2.37. The molecule has 0 fully saturated rings. The molecule has 4 heteroatoms. The number of amides is 1. The van der Waals surface area contributed by atoms with Gasteiger partial charge in [-0.2, -0.15) is 0 Å². The molecule has 0 radical (unpaired) electrons. The van der Waals surface area contributed by atoms with Crippen molar-refractivity contribution in [3.63, 3.8) is 0 Å². The van der Waals surface area contributed by atoms with Crippen molar-refractivity contribution in [1.29, 1.82) is 0 Å². The molecule has 0 unspecified atom stereocenters. The van der Waals surface area contributed by atoms with Gasteiger partial charge in [-0.3, -0.25) is 4.79 Å². The van der Waals surface area contributed by atoms with E-state index in [0.717, 1.165) is 10.9 Å². The zero-order valence-electron chi connectivity index (χ0n) is 11.3. The molecule has 3 N–H and O–H groups in total. The van der Waals surface area contributed by atoms with Crippen molar-refractivity contribution < 1.29 is 4.79 Å². The molecule has 3 nitrogen and oxygen atoms in total. The number of hydrogen-bond donors (Lipinski definition) is 2. The van der Waals surface area contributed by atoms with Crippen LogP contribution in [-0.4, -0.2) is 12.5 Å². The Bertz CT molecular complexity index is 605. The summed E-state index contributed by atoms with van der Waals surface area (Å²) in [5, 5.41) is 2.91. The predicted octanol–water partition coefficient (Wildman–Crippen LogP) is 3.31. The lowest BCUT2D eigenvalue weighted by atomic mass is 10.1. The lowest BCUT2D eigenvalue weighted by Crippen LogP contribution is -2.25. The maximum atomic E-state index is 12.0. The number of nitrogens with two attached hydrogens (primary N) is 1. The molecule has 104 valence electrons. The minimum atomic E-state index is -0.106. The summed E-state index contributed by atoms with van der Waals surface area (Å²) in [5.74, 6) is -0.106. The van der Waals surface area contributed by atoms with Crippen LogP contribution < -0.4 is 11.1 Å². The van der Waals surface area contributed by atoms with E-state index >= 15 is 0 Å². The topological polar surface area (TPSA) is 55.1 Å². The van der Waals surface area contributed by atoms with E-state index in [4.69, 9.17) is 5.73 Å². The Labute approximate surface area is 127 Å². The van der Waals surface area contributed by atoms with Gasteiger partial charge in [-0.25, -0.2) is 0 Å². The first-order chi connectivity index (χ1) is 9.54. The Balaban J connectivity index is 1.92. The molecule has 0 aliphatic rings. The highest BCUT2D eigenvalue weighted by Gasteiger charge is 2.06. The number of hydrogen-bond acceptors (Lipinski definition) is 2. The van der Waals surface area contributed by atoms with E-state index in [0.29, 0.717) is 17.8 Å². The summed E-state index contributed by atoms with van der Waals surface area (Å²) in [6, 6.07) is 13.5. The van der Waals surface area contributed by atoms with Crippen molar-refractivity contribution in [2.24, 2.45) is 0 Å². The van der Waals surface area contributed by atoms with Gasteiger partial charge in [-0.05, 0) is 37.1 Å². The number of halogens is 1. The van der Waals surface area contributed by atoms with Crippen LogP contribution in [0.1, 0.15) is 21.5 Å². The Morgan fingerprint density at radius 2 is 2.05 bits per heavy atom. The average molecular weight is 333 g/mol. The molecule has 2 aromatic rings. The Morgan fingerprint density at radius 1 is 1.25 bits per heavy atom. The number of carbonyl (C=O) groups excluding carboxylic acids is 1. The van der Waals surface area contributed by atoms with Crippen molar-refractivity contribution in [2.75, 3.05) is 12.3 Å². The predicted molar refractivity (Wildman–Crippen MR) is 85.8 cm³/mol. The maximum Gasteiger partial charge on any atom is 0.251 e. The lowest BCUT2D eigenvalue weighted by Gasteiger charge is -2.07. The van der Waals surface area contributed by atoms with Crippen LogP contribution in [0.2, 0.25) is 0 Å². The van der Waals surface area contributed by atoms with E-state index in [1.807, 2.05) is 6.07 Å². The van der Waals surface area contributed by atoms with Crippen LogP contribution in [0.15, 0.2) is 46.9 Å². The minimum absolute atomic E-state index is 0.106. The lowest BCUT2D eigenvalue weighted by molar-refractivity contribution is 0.0954. The monoisotopic (exact) mass is 332 g/mol. The van der Waals surface area contributed by atoms with Crippen LogP contribution in [0.25, 0.3) is 0 Å². The first kappa shape index (κ1) is 14.6. The molecule has 20 heavy (non-hydrogen) atoms. The van der Waals surface area contributed by atoms with E-state index in [-0.39, 0.29) is 5.91 Å². The van der Waals surface area contributed by atoms with Crippen molar-refractivity contribution in [3.05, 3.63) is 63.6 Å². The van der Waals surface area contributed by atoms with Crippen molar-refractivity contribution in [1.82, 2.24) is 5.32 Å². The zero-order valence-corrected chi connectivity index (χ0v) is 12.9. The third-order valence-corrected chi connectivity index (χ3v) is 3.42. The zero-order chi connectivity index (χ0) is 14.5. The summed E-state index contributed by atoms with van der Waals surface area (Å²) in [6.07, 6.45) is 0.816. The number of anilines is 1. The molecule has 0 spiro atoms. The maximum absolute atomic E-state index is 12.0. The normalized spacial score (nSPS) is 10.3. The molecule has 0 aliphatic carbocycles. The molecule has 0 bridgehead atoms. The fourth-order valence-corrected chi connectivity index (χ4v) is 2.54. The SMILES string of the molecule is Cc1cccc(CCNC(=O)c2cc(N)cc(Br)c2)c1. The highest BCUT2D eigenvalue weighted by atomic mass is 79.9. The summed E-state index contributed by atoms with van der Waals surface area (Å²) in [4.78, 5) is 12.0. The molecular weight excluding hydrogens is 316 g/mol. The molecule has 1 amide bonds. The first-order valence-corrected chi connectivity index (χ1v) is 7.24. The van der Waals surface area contributed by atoms with Gasteiger partial charge < -0.3 is 11.1 Å². The Morgan fingerprint density at radius 3 is 2.75 bits per heavy atom. The summed E-state index contributed by atoms with van der Waals surface area (Å²) in [6.45, 7) is 2.67. The third-order valence-electron chi connectivity index (χ3n) is 2.96.